The van der Waals surface area contributed by atoms with Gasteiger partial charge >= 0.3 is 6.18 Å². The molecule has 0 saturated carbocycles. The predicted molar refractivity (Wildman–Crippen MR) is 61.4 cm³/mol. The van der Waals surface area contributed by atoms with Gasteiger partial charge in [0.1, 0.15) is 0 Å². The first-order valence-electron chi connectivity index (χ1n) is 6.15. The van der Waals surface area contributed by atoms with Crippen LogP contribution in [-0.2, 0) is 4.74 Å². The van der Waals surface area contributed by atoms with Gasteiger partial charge in [-0.15, -0.1) is 0 Å². The van der Waals surface area contributed by atoms with Gasteiger partial charge in [-0.2, -0.15) is 13.2 Å². The summed E-state index contributed by atoms with van der Waals surface area (Å²) in [7, 11) is 0. The Labute approximate surface area is 105 Å². The number of nitrogens with one attached hydrogen (secondary N) is 1. The van der Waals surface area contributed by atoms with Crippen molar-refractivity contribution in [1.82, 2.24) is 10.2 Å². The molecule has 1 rings (SSSR count). The fraction of sp³-hybridized carbons (Fsp3) is 1.00. The largest absolute Gasteiger partial charge is 0.401 e. The van der Waals surface area contributed by atoms with Crippen molar-refractivity contribution in [1.29, 1.82) is 0 Å². The van der Waals surface area contributed by atoms with E-state index in [2.05, 4.69) is 5.32 Å². The van der Waals surface area contributed by atoms with Gasteiger partial charge in [0.2, 0.25) is 0 Å². The number of morpholine rings is 1. The van der Waals surface area contributed by atoms with Gasteiger partial charge in [0.15, 0.2) is 0 Å². The number of halogens is 3. The lowest BCUT2D eigenvalue weighted by atomic mass is 10.1. The Hall–Kier alpha value is -0.370. The van der Waals surface area contributed by atoms with Crippen LogP contribution in [0.5, 0.6) is 0 Å². The predicted octanol–water partition coefficient (Wildman–Crippen LogP) is 0.610. The summed E-state index contributed by atoms with van der Waals surface area (Å²) in [6.45, 7) is 2.44. The number of nitrogens with zero attached hydrogens (tertiary/aromatic N) is 1. The van der Waals surface area contributed by atoms with E-state index in [9.17, 15) is 13.2 Å². The van der Waals surface area contributed by atoms with Crippen LogP contribution < -0.4 is 5.32 Å². The van der Waals surface area contributed by atoms with Crippen LogP contribution >= 0.6 is 0 Å². The van der Waals surface area contributed by atoms with E-state index in [0.29, 0.717) is 19.6 Å². The van der Waals surface area contributed by atoms with Gasteiger partial charge < -0.3 is 15.2 Å². The minimum absolute atomic E-state index is 0.0360. The minimum Gasteiger partial charge on any atom is -0.395 e. The highest BCUT2D eigenvalue weighted by Gasteiger charge is 2.33. The van der Waals surface area contributed by atoms with Crippen molar-refractivity contribution >= 4 is 0 Å². The molecule has 108 valence electrons. The van der Waals surface area contributed by atoms with Crippen LogP contribution in [0.25, 0.3) is 0 Å². The Morgan fingerprint density at radius 3 is 2.72 bits per heavy atom. The average Bonchev–Trinajstić information content (AvgIpc) is 2.28. The van der Waals surface area contributed by atoms with Crippen molar-refractivity contribution in [3.63, 3.8) is 0 Å². The third-order valence-corrected chi connectivity index (χ3v) is 3.02. The molecule has 2 atom stereocenters. The number of hydrogen-bond donors (Lipinski definition) is 2. The minimum atomic E-state index is -4.24. The molecule has 0 aromatic carbocycles. The molecule has 2 N–H and O–H groups in total. The van der Waals surface area contributed by atoms with E-state index in [1.54, 1.807) is 6.92 Å². The SMILES string of the molecule is CC(CC1COCCN1)N(CCO)CC(F)(F)F. The Kier molecular flexibility index (Phi) is 6.34. The summed E-state index contributed by atoms with van der Waals surface area (Å²) in [4.78, 5) is 1.26. The molecule has 18 heavy (non-hydrogen) atoms. The molecule has 1 saturated heterocycles. The third-order valence-electron chi connectivity index (χ3n) is 3.02. The highest BCUT2D eigenvalue weighted by atomic mass is 19.4. The van der Waals surface area contributed by atoms with Gasteiger partial charge in [0, 0.05) is 25.2 Å². The van der Waals surface area contributed by atoms with E-state index in [-0.39, 0.29) is 25.2 Å². The molecule has 1 aliphatic rings. The topological polar surface area (TPSA) is 44.7 Å². The normalized spacial score (nSPS) is 23.3. The molecule has 1 aliphatic heterocycles. The van der Waals surface area contributed by atoms with Crippen molar-refractivity contribution in [3.8, 4) is 0 Å². The van der Waals surface area contributed by atoms with E-state index >= 15 is 0 Å². The Bertz CT molecular complexity index is 233. The lowest BCUT2D eigenvalue weighted by molar-refractivity contribution is -0.152. The number of rotatable bonds is 6. The van der Waals surface area contributed by atoms with Crippen molar-refractivity contribution in [2.24, 2.45) is 0 Å². The Morgan fingerprint density at radius 2 is 2.22 bits per heavy atom. The first kappa shape index (κ1) is 15.7. The second kappa shape index (κ2) is 7.28. The van der Waals surface area contributed by atoms with Crippen LogP contribution in [-0.4, -0.2) is 67.7 Å². The van der Waals surface area contributed by atoms with Crippen LogP contribution in [0.2, 0.25) is 0 Å². The zero-order valence-electron chi connectivity index (χ0n) is 10.5. The van der Waals surface area contributed by atoms with Crippen LogP contribution in [0.1, 0.15) is 13.3 Å². The number of aliphatic hydroxyl groups excluding tert-OH is 1. The van der Waals surface area contributed by atoms with Gasteiger partial charge in [-0.1, -0.05) is 0 Å². The molecule has 0 aromatic rings. The van der Waals surface area contributed by atoms with Crippen molar-refractivity contribution in [3.05, 3.63) is 0 Å². The van der Waals surface area contributed by atoms with E-state index in [0.717, 1.165) is 6.54 Å². The molecule has 0 radical (unpaired) electrons. The first-order chi connectivity index (χ1) is 8.42. The van der Waals surface area contributed by atoms with Crippen LogP contribution in [0.3, 0.4) is 0 Å². The molecule has 4 nitrogen and oxygen atoms in total. The maximum atomic E-state index is 12.4. The zero-order valence-corrected chi connectivity index (χ0v) is 10.5. The molecule has 0 aromatic heterocycles. The first-order valence-corrected chi connectivity index (χ1v) is 6.15. The molecular formula is C11H21F3N2O2. The third kappa shape index (κ3) is 5.99. The summed E-state index contributed by atoms with van der Waals surface area (Å²) in [6, 6.07) is -0.166. The van der Waals surface area contributed by atoms with Gasteiger partial charge in [-0.05, 0) is 13.3 Å². The van der Waals surface area contributed by atoms with Gasteiger partial charge in [-0.25, -0.2) is 0 Å². The highest BCUT2D eigenvalue weighted by molar-refractivity contribution is 4.79. The van der Waals surface area contributed by atoms with Crippen LogP contribution in [0.4, 0.5) is 13.2 Å². The number of ether oxygens (including phenoxy) is 1. The molecule has 7 heteroatoms. The van der Waals surface area contributed by atoms with E-state index in [1.165, 1.54) is 4.90 Å². The van der Waals surface area contributed by atoms with Crippen molar-refractivity contribution in [2.45, 2.75) is 31.6 Å². The summed E-state index contributed by atoms with van der Waals surface area (Å²) in [6.07, 6.45) is -3.66. The molecule has 1 heterocycles. The Balaban J connectivity index is 2.44. The fourth-order valence-electron chi connectivity index (χ4n) is 2.15. The summed E-state index contributed by atoms with van der Waals surface area (Å²) < 4.78 is 42.5. The maximum absolute atomic E-state index is 12.4. The number of aliphatic hydroxyl groups is 1. The lowest BCUT2D eigenvalue weighted by Gasteiger charge is -2.33. The van der Waals surface area contributed by atoms with E-state index in [4.69, 9.17) is 9.84 Å². The van der Waals surface area contributed by atoms with Crippen molar-refractivity contribution < 1.29 is 23.0 Å². The molecule has 0 bridgehead atoms. The quantitative estimate of drug-likeness (QED) is 0.742. The maximum Gasteiger partial charge on any atom is 0.401 e. The highest BCUT2D eigenvalue weighted by Crippen LogP contribution is 2.19. The monoisotopic (exact) mass is 270 g/mol. The Morgan fingerprint density at radius 1 is 1.50 bits per heavy atom. The van der Waals surface area contributed by atoms with E-state index < -0.39 is 12.7 Å². The van der Waals surface area contributed by atoms with Gasteiger partial charge in [0.05, 0.1) is 26.4 Å². The molecule has 0 amide bonds. The summed E-state index contributed by atoms with van der Waals surface area (Å²) in [5.74, 6) is 0. The molecule has 1 fully saturated rings. The zero-order chi connectivity index (χ0) is 13.6. The van der Waals surface area contributed by atoms with Crippen LogP contribution in [0.15, 0.2) is 0 Å². The fourth-order valence-corrected chi connectivity index (χ4v) is 2.15. The lowest BCUT2D eigenvalue weighted by Crippen LogP contribution is -2.48. The van der Waals surface area contributed by atoms with E-state index in [1.807, 2.05) is 0 Å². The summed E-state index contributed by atoms with van der Waals surface area (Å²) >= 11 is 0. The second-order valence-electron chi connectivity index (χ2n) is 4.62. The van der Waals surface area contributed by atoms with Gasteiger partial charge in [-0.3, -0.25) is 4.90 Å². The number of alkyl halides is 3. The second-order valence-corrected chi connectivity index (χ2v) is 4.62. The van der Waals surface area contributed by atoms with Crippen LogP contribution in [0, 0.1) is 0 Å². The smallest absolute Gasteiger partial charge is 0.395 e. The molecule has 0 aliphatic carbocycles. The van der Waals surface area contributed by atoms with Crippen molar-refractivity contribution in [2.75, 3.05) is 39.5 Å². The average molecular weight is 270 g/mol. The molecule has 0 spiro atoms. The molecular weight excluding hydrogens is 249 g/mol. The standard InChI is InChI=1S/C11H21F3N2O2/c1-9(6-10-7-18-5-2-15-10)16(3-4-17)8-11(12,13)14/h9-10,15,17H,2-8H2,1H3. The molecule has 2 unspecified atom stereocenters. The van der Waals surface area contributed by atoms with Gasteiger partial charge in [0.25, 0.3) is 0 Å². The summed E-state index contributed by atoms with van der Waals surface area (Å²) in [5, 5.41) is 12.1. The summed E-state index contributed by atoms with van der Waals surface area (Å²) in [5.41, 5.74) is 0. The number of hydrogen-bond acceptors (Lipinski definition) is 4.